The molecule has 0 radical (unpaired) electrons. The zero-order valence-electron chi connectivity index (χ0n) is 19.3. The van der Waals surface area contributed by atoms with Crippen LogP contribution >= 0.6 is 0 Å². The van der Waals surface area contributed by atoms with Crippen LogP contribution in [-0.2, 0) is 6.61 Å². The molecule has 7 nitrogen and oxygen atoms in total. The van der Waals surface area contributed by atoms with E-state index in [1.54, 1.807) is 38.4 Å². The normalized spacial score (nSPS) is 11.7. The van der Waals surface area contributed by atoms with Gasteiger partial charge in [-0.05, 0) is 36.6 Å². The molecule has 0 spiro atoms. The molecule has 2 aromatic heterocycles. The number of fused-ring (bicyclic) bond motifs is 2. The van der Waals surface area contributed by atoms with E-state index in [9.17, 15) is 9.90 Å². The molecule has 0 bridgehead atoms. The van der Waals surface area contributed by atoms with Crippen molar-refractivity contribution in [2.75, 3.05) is 12.4 Å². The van der Waals surface area contributed by atoms with Crippen LogP contribution in [0.2, 0.25) is 0 Å². The van der Waals surface area contributed by atoms with Crippen molar-refractivity contribution in [1.29, 1.82) is 0 Å². The lowest BCUT2D eigenvalue weighted by atomic mass is 10.1. The lowest BCUT2D eigenvalue weighted by molar-refractivity contribution is 0.102. The summed E-state index contributed by atoms with van der Waals surface area (Å²) in [6, 6.07) is 22.4. The molecule has 35 heavy (non-hydrogen) atoms. The number of carbonyl (C=O) groups excluding carboxylic acids is 1. The number of nitrogens with zero attached hydrogens (tertiary/aromatic N) is 2. The minimum Gasteiger partial charge on any atom is -0.497 e. The molecular weight excluding hydrogens is 442 g/mol. The average molecular weight is 466 g/mol. The Morgan fingerprint density at radius 3 is 2.69 bits per heavy atom. The minimum atomic E-state index is -0.382. The van der Waals surface area contributed by atoms with Crippen molar-refractivity contribution in [3.63, 3.8) is 0 Å². The molecule has 5 rings (SSSR count). The number of aromatic nitrogens is 1. The molecule has 174 valence electrons. The Morgan fingerprint density at radius 1 is 1.06 bits per heavy atom. The number of aliphatic hydroxyl groups excluding tert-OH is 1. The number of aryl methyl sites for hydroxylation is 1. The van der Waals surface area contributed by atoms with Gasteiger partial charge < -0.3 is 19.6 Å². The minimum absolute atomic E-state index is 0.128. The third kappa shape index (κ3) is 4.37. The molecule has 2 N–H and O–H groups in total. The summed E-state index contributed by atoms with van der Waals surface area (Å²) in [5.41, 5.74) is 3.24. The summed E-state index contributed by atoms with van der Waals surface area (Å²) in [5, 5.41) is 15.4. The van der Waals surface area contributed by atoms with Crippen molar-refractivity contribution in [2.45, 2.75) is 13.5 Å². The maximum absolute atomic E-state index is 13.6. The highest BCUT2D eigenvalue weighted by molar-refractivity contribution is 6.10. The fraction of sp³-hybridized carbons (Fsp3) is 0.107. The third-order valence-electron chi connectivity index (χ3n) is 5.79. The van der Waals surface area contributed by atoms with Crippen molar-refractivity contribution in [3.8, 4) is 5.75 Å². The first kappa shape index (κ1) is 22.3. The quantitative estimate of drug-likeness (QED) is 0.368. The molecule has 5 aromatic rings. The van der Waals surface area contributed by atoms with Gasteiger partial charge in [0.25, 0.3) is 5.91 Å². The van der Waals surface area contributed by atoms with E-state index in [1.165, 1.54) is 0 Å². The van der Waals surface area contributed by atoms with Crippen molar-refractivity contribution in [2.24, 2.45) is 4.99 Å². The fourth-order valence-corrected chi connectivity index (χ4v) is 3.98. The number of carbonyl (C=O) groups is 1. The molecule has 3 aromatic carbocycles. The van der Waals surface area contributed by atoms with Crippen LogP contribution in [0.4, 0.5) is 11.4 Å². The van der Waals surface area contributed by atoms with Crippen LogP contribution in [0.1, 0.15) is 21.6 Å². The molecule has 2 heterocycles. The molecule has 0 aliphatic carbocycles. The zero-order chi connectivity index (χ0) is 24.4. The number of anilines is 1. The Kier molecular flexibility index (Phi) is 5.99. The summed E-state index contributed by atoms with van der Waals surface area (Å²) in [5.74, 6) is 0.251. The lowest BCUT2D eigenvalue weighted by Crippen LogP contribution is -2.22. The van der Waals surface area contributed by atoms with E-state index in [0.717, 1.165) is 10.8 Å². The second-order valence-corrected chi connectivity index (χ2v) is 8.03. The van der Waals surface area contributed by atoms with E-state index in [0.29, 0.717) is 39.4 Å². The molecule has 0 aliphatic rings. The van der Waals surface area contributed by atoms with Gasteiger partial charge in [0.1, 0.15) is 11.3 Å². The standard InChI is InChI=1S/C28H23N3O4/c1-17-26-23(19(16-32)15-29-17)14-24(28(35-26)30-20-9-6-10-21(13-20)34-2)27(33)31-25-12-5-8-18-7-3-4-11-22(18)25/h3-15,32H,16H2,1-2H3,(H,31,33). The summed E-state index contributed by atoms with van der Waals surface area (Å²) >= 11 is 0. The van der Waals surface area contributed by atoms with E-state index < -0.39 is 0 Å². The Bertz CT molecular complexity index is 1630. The van der Waals surface area contributed by atoms with Crippen molar-refractivity contribution in [3.05, 3.63) is 101 Å². The number of rotatable bonds is 5. The molecule has 0 aliphatic heterocycles. The number of hydrogen-bond acceptors (Lipinski definition) is 6. The predicted octanol–water partition coefficient (Wildman–Crippen LogP) is 5.28. The van der Waals surface area contributed by atoms with Gasteiger partial charge in [0, 0.05) is 34.3 Å². The number of ether oxygens (including phenoxy) is 1. The summed E-state index contributed by atoms with van der Waals surface area (Å²) in [6.45, 7) is 1.56. The van der Waals surface area contributed by atoms with Gasteiger partial charge in [0.05, 0.1) is 25.1 Å². The van der Waals surface area contributed by atoms with Crippen LogP contribution in [0.15, 0.2) is 88.4 Å². The molecule has 0 atom stereocenters. The smallest absolute Gasteiger partial charge is 0.261 e. The predicted molar refractivity (Wildman–Crippen MR) is 135 cm³/mol. The number of nitrogens with one attached hydrogen (secondary N) is 1. The van der Waals surface area contributed by atoms with Crippen LogP contribution in [0.25, 0.3) is 21.7 Å². The molecule has 0 saturated heterocycles. The van der Waals surface area contributed by atoms with Crippen LogP contribution in [0.5, 0.6) is 5.75 Å². The highest BCUT2D eigenvalue weighted by Crippen LogP contribution is 2.25. The fourth-order valence-electron chi connectivity index (χ4n) is 3.98. The Morgan fingerprint density at radius 2 is 1.86 bits per heavy atom. The Balaban J connectivity index is 1.70. The van der Waals surface area contributed by atoms with Crippen molar-refractivity contribution in [1.82, 2.24) is 4.98 Å². The molecule has 0 fully saturated rings. The van der Waals surface area contributed by atoms with Gasteiger partial charge in [-0.25, -0.2) is 4.99 Å². The van der Waals surface area contributed by atoms with Crippen molar-refractivity contribution >= 4 is 39.0 Å². The van der Waals surface area contributed by atoms with E-state index in [-0.39, 0.29) is 23.6 Å². The first-order valence-electron chi connectivity index (χ1n) is 11.1. The molecule has 0 saturated carbocycles. The molecule has 0 unspecified atom stereocenters. The van der Waals surface area contributed by atoms with Crippen LogP contribution in [-0.4, -0.2) is 23.1 Å². The first-order valence-corrected chi connectivity index (χ1v) is 11.1. The van der Waals surface area contributed by atoms with Gasteiger partial charge in [-0.15, -0.1) is 0 Å². The Labute approximate surface area is 201 Å². The summed E-state index contributed by atoms with van der Waals surface area (Å²) in [4.78, 5) is 22.5. The van der Waals surface area contributed by atoms with E-state index >= 15 is 0 Å². The average Bonchev–Trinajstić information content (AvgIpc) is 2.89. The maximum atomic E-state index is 13.6. The van der Waals surface area contributed by atoms with Gasteiger partial charge in [0.2, 0.25) is 5.55 Å². The summed E-state index contributed by atoms with van der Waals surface area (Å²) in [7, 11) is 1.58. The number of benzene rings is 3. The van der Waals surface area contributed by atoms with E-state index in [2.05, 4.69) is 15.3 Å². The monoisotopic (exact) mass is 465 g/mol. The van der Waals surface area contributed by atoms with Gasteiger partial charge >= 0.3 is 0 Å². The zero-order valence-corrected chi connectivity index (χ0v) is 19.3. The largest absolute Gasteiger partial charge is 0.497 e. The third-order valence-corrected chi connectivity index (χ3v) is 5.79. The summed E-state index contributed by atoms with van der Waals surface area (Å²) < 4.78 is 11.5. The number of methoxy groups -OCH3 is 1. The first-order chi connectivity index (χ1) is 17.1. The van der Waals surface area contributed by atoms with E-state index in [4.69, 9.17) is 9.15 Å². The van der Waals surface area contributed by atoms with Gasteiger partial charge in [-0.2, -0.15) is 0 Å². The number of amides is 1. The molecular formula is C28H23N3O4. The highest BCUT2D eigenvalue weighted by atomic mass is 16.5. The van der Waals surface area contributed by atoms with Crippen LogP contribution in [0.3, 0.4) is 0 Å². The SMILES string of the molecule is COc1cccc(N=c2oc3c(C)ncc(CO)c3cc2C(=O)Nc2cccc3ccccc23)c1. The van der Waals surface area contributed by atoms with E-state index in [1.807, 2.05) is 54.6 Å². The van der Waals surface area contributed by atoms with Gasteiger partial charge in [-0.1, -0.05) is 42.5 Å². The molecule has 1 amide bonds. The number of aliphatic hydroxyl groups is 1. The van der Waals surface area contributed by atoms with Crippen LogP contribution < -0.4 is 15.6 Å². The lowest BCUT2D eigenvalue weighted by Gasteiger charge is -2.11. The second kappa shape index (κ2) is 9.40. The topological polar surface area (TPSA) is 97.0 Å². The van der Waals surface area contributed by atoms with Crippen LogP contribution in [0, 0.1) is 6.92 Å². The van der Waals surface area contributed by atoms with Gasteiger partial charge in [-0.3, -0.25) is 9.78 Å². The summed E-state index contributed by atoms with van der Waals surface area (Å²) in [6.07, 6.45) is 1.58. The Hall–Kier alpha value is -4.49. The van der Waals surface area contributed by atoms with Crippen molar-refractivity contribution < 1.29 is 19.1 Å². The number of hydrogen-bond donors (Lipinski definition) is 2. The number of pyridine rings is 1. The van der Waals surface area contributed by atoms with Gasteiger partial charge in [0.15, 0.2) is 5.58 Å². The maximum Gasteiger partial charge on any atom is 0.261 e. The molecule has 7 heteroatoms. The highest BCUT2D eigenvalue weighted by Gasteiger charge is 2.17. The second-order valence-electron chi connectivity index (χ2n) is 8.03.